The first-order chi connectivity index (χ1) is 8.24. The Hall–Kier alpha value is 0.180. The lowest BCUT2D eigenvalue weighted by Crippen LogP contribution is -2.41. The van der Waals surface area contributed by atoms with Crippen LogP contribution in [0, 0.1) is 5.92 Å². The normalized spacial score (nSPS) is 23.2. The number of alkyl halides is 4. The summed E-state index contributed by atoms with van der Waals surface area (Å²) >= 11 is 3.31. The SMILES string of the molecule is O=S(=O)(CCCC(F)(F)F)N1CCCC(CBr)C1. The van der Waals surface area contributed by atoms with Crippen molar-refractivity contribution in [2.75, 3.05) is 24.2 Å². The van der Waals surface area contributed by atoms with Crippen LogP contribution in [0.2, 0.25) is 0 Å². The average molecular weight is 352 g/mol. The quantitative estimate of drug-likeness (QED) is 0.714. The molecule has 1 aliphatic heterocycles. The summed E-state index contributed by atoms with van der Waals surface area (Å²) in [4.78, 5) is 0. The van der Waals surface area contributed by atoms with Gasteiger partial charge in [0.25, 0.3) is 0 Å². The molecule has 1 fully saturated rings. The van der Waals surface area contributed by atoms with Crippen LogP contribution in [0.5, 0.6) is 0 Å². The third-order valence-electron chi connectivity index (χ3n) is 2.96. The highest BCUT2D eigenvalue weighted by Crippen LogP contribution is 2.24. The van der Waals surface area contributed by atoms with Crippen LogP contribution >= 0.6 is 15.9 Å². The van der Waals surface area contributed by atoms with Crippen molar-refractivity contribution >= 4 is 26.0 Å². The molecule has 8 heteroatoms. The van der Waals surface area contributed by atoms with E-state index in [0.717, 1.165) is 18.2 Å². The highest BCUT2D eigenvalue weighted by atomic mass is 79.9. The van der Waals surface area contributed by atoms with Crippen molar-refractivity contribution < 1.29 is 21.6 Å². The van der Waals surface area contributed by atoms with Crippen LogP contribution in [0.3, 0.4) is 0 Å². The monoisotopic (exact) mass is 351 g/mol. The van der Waals surface area contributed by atoms with E-state index in [4.69, 9.17) is 0 Å². The second-order valence-electron chi connectivity index (χ2n) is 4.56. The van der Waals surface area contributed by atoms with Gasteiger partial charge in [-0.2, -0.15) is 13.2 Å². The summed E-state index contributed by atoms with van der Waals surface area (Å²) in [7, 11) is -3.54. The van der Waals surface area contributed by atoms with Crippen molar-refractivity contribution in [1.82, 2.24) is 4.31 Å². The van der Waals surface area contributed by atoms with Gasteiger partial charge in [-0.25, -0.2) is 12.7 Å². The first kappa shape index (κ1) is 16.2. The summed E-state index contributed by atoms with van der Waals surface area (Å²) in [6.45, 7) is 0.845. The van der Waals surface area contributed by atoms with Crippen LogP contribution in [-0.4, -0.2) is 43.1 Å². The van der Waals surface area contributed by atoms with Gasteiger partial charge in [0.15, 0.2) is 0 Å². The molecule has 1 heterocycles. The third-order valence-corrected chi connectivity index (χ3v) is 5.79. The van der Waals surface area contributed by atoms with Crippen molar-refractivity contribution in [3.63, 3.8) is 0 Å². The number of piperidine rings is 1. The Kier molecular flexibility index (Phi) is 5.92. The summed E-state index contributed by atoms with van der Waals surface area (Å²) in [6, 6.07) is 0. The maximum absolute atomic E-state index is 12.0. The fraction of sp³-hybridized carbons (Fsp3) is 1.00. The summed E-state index contributed by atoms with van der Waals surface area (Å²) in [5.41, 5.74) is 0. The third kappa shape index (κ3) is 5.44. The highest BCUT2D eigenvalue weighted by molar-refractivity contribution is 9.09. The summed E-state index contributed by atoms with van der Waals surface area (Å²) in [5, 5.41) is 0.724. The number of sulfonamides is 1. The number of hydrogen-bond donors (Lipinski definition) is 0. The fourth-order valence-corrected chi connectivity index (χ4v) is 4.13. The molecule has 0 aromatic heterocycles. The Morgan fingerprint density at radius 2 is 2.00 bits per heavy atom. The average Bonchev–Trinajstić information content (AvgIpc) is 2.27. The molecule has 1 aliphatic rings. The van der Waals surface area contributed by atoms with E-state index in [9.17, 15) is 21.6 Å². The van der Waals surface area contributed by atoms with Crippen molar-refractivity contribution in [2.24, 2.45) is 5.92 Å². The van der Waals surface area contributed by atoms with Gasteiger partial charge in [0.2, 0.25) is 10.0 Å². The first-order valence-electron chi connectivity index (χ1n) is 5.85. The molecule has 0 radical (unpaired) electrons. The molecule has 0 amide bonds. The minimum atomic E-state index is -4.28. The molecule has 3 nitrogen and oxygen atoms in total. The maximum Gasteiger partial charge on any atom is 0.389 e. The van der Waals surface area contributed by atoms with Crippen LogP contribution in [0.25, 0.3) is 0 Å². The van der Waals surface area contributed by atoms with Crippen LogP contribution in [0.15, 0.2) is 0 Å². The van der Waals surface area contributed by atoms with Crippen molar-refractivity contribution in [2.45, 2.75) is 31.9 Å². The van der Waals surface area contributed by atoms with Gasteiger partial charge < -0.3 is 0 Å². The van der Waals surface area contributed by atoms with Crippen LogP contribution in [0.1, 0.15) is 25.7 Å². The van der Waals surface area contributed by atoms with E-state index in [1.165, 1.54) is 4.31 Å². The number of rotatable bonds is 5. The molecule has 0 saturated carbocycles. The fourth-order valence-electron chi connectivity index (χ4n) is 1.99. The highest BCUT2D eigenvalue weighted by Gasteiger charge is 2.31. The number of hydrogen-bond acceptors (Lipinski definition) is 2. The molecule has 1 rings (SSSR count). The Morgan fingerprint density at radius 1 is 1.33 bits per heavy atom. The molecule has 18 heavy (non-hydrogen) atoms. The van der Waals surface area contributed by atoms with Gasteiger partial charge in [-0.1, -0.05) is 15.9 Å². The van der Waals surface area contributed by atoms with E-state index in [0.29, 0.717) is 13.1 Å². The predicted molar refractivity (Wildman–Crippen MR) is 67.2 cm³/mol. The van der Waals surface area contributed by atoms with Gasteiger partial charge in [-0.15, -0.1) is 0 Å². The van der Waals surface area contributed by atoms with Crippen molar-refractivity contribution in [1.29, 1.82) is 0 Å². The molecule has 108 valence electrons. The smallest absolute Gasteiger partial charge is 0.212 e. The van der Waals surface area contributed by atoms with Crippen molar-refractivity contribution in [3.8, 4) is 0 Å². The minimum Gasteiger partial charge on any atom is -0.212 e. The largest absolute Gasteiger partial charge is 0.389 e. The van der Waals surface area contributed by atoms with E-state index < -0.39 is 28.4 Å². The maximum atomic E-state index is 12.0. The summed E-state index contributed by atoms with van der Waals surface area (Å²) in [5.74, 6) is -0.155. The van der Waals surface area contributed by atoms with Crippen LogP contribution < -0.4 is 0 Å². The standard InChI is InChI=1S/C10H17BrF3NO2S/c11-7-9-3-1-5-15(8-9)18(16,17)6-2-4-10(12,13)14/h9H,1-8H2. The Bertz CT molecular complexity index is 359. The van der Waals surface area contributed by atoms with E-state index in [-0.39, 0.29) is 12.3 Å². The number of nitrogens with zero attached hydrogens (tertiary/aromatic N) is 1. The molecule has 0 spiro atoms. The van der Waals surface area contributed by atoms with Gasteiger partial charge in [0.05, 0.1) is 5.75 Å². The van der Waals surface area contributed by atoms with E-state index in [2.05, 4.69) is 15.9 Å². The zero-order valence-electron chi connectivity index (χ0n) is 9.92. The zero-order valence-corrected chi connectivity index (χ0v) is 12.3. The Balaban J connectivity index is 2.47. The van der Waals surface area contributed by atoms with Gasteiger partial charge >= 0.3 is 6.18 Å². The molecule has 0 N–H and O–H groups in total. The molecule has 0 aromatic rings. The molecule has 0 bridgehead atoms. The Morgan fingerprint density at radius 3 is 2.56 bits per heavy atom. The number of halogens is 4. The van der Waals surface area contributed by atoms with Crippen molar-refractivity contribution in [3.05, 3.63) is 0 Å². The zero-order chi connectivity index (χ0) is 13.8. The lowest BCUT2D eigenvalue weighted by atomic mass is 10.0. The van der Waals surface area contributed by atoms with Gasteiger partial charge in [0, 0.05) is 24.8 Å². The van der Waals surface area contributed by atoms with E-state index in [1.54, 1.807) is 0 Å². The predicted octanol–water partition coefficient (Wildman–Crippen LogP) is 2.77. The lowest BCUT2D eigenvalue weighted by molar-refractivity contribution is -0.134. The molecular weight excluding hydrogens is 335 g/mol. The first-order valence-corrected chi connectivity index (χ1v) is 8.58. The van der Waals surface area contributed by atoms with Gasteiger partial charge in [0.1, 0.15) is 0 Å². The van der Waals surface area contributed by atoms with Gasteiger partial charge in [-0.05, 0) is 25.2 Å². The van der Waals surface area contributed by atoms with E-state index in [1.807, 2.05) is 0 Å². The lowest BCUT2D eigenvalue weighted by Gasteiger charge is -2.31. The second-order valence-corrected chi connectivity index (χ2v) is 7.29. The molecule has 0 aromatic carbocycles. The van der Waals surface area contributed by atoms with Crippen LogP contribution in [0.4, 0.5) is 13.2 Å². The van der Waals surface area contributed by atoms with Crippen LogP contribution in [-0.2, 0) is 10.0 Å². The summed E-state index contributed by atoms with van der Waals surface area (Å²) < 4.78 is 61.0. The second kappa shape index (κ2) is 6.56. The topological polar surface area (TPSA) is 37.4 Å². The van der Waals surface area contributed by atoms with E-state index >= 15 is 0 Å². The molecule has 0 aliphatic carbocycles. The molecule has 1 atom stereocenters. The minimum absolute atomic E-state index is 0.260. The summed E-state index contributed by atoms with van der Waals surface area (Å²) in [6.07, 6.45) is -3.95. The molecule has 1 unspecified atom stereocenters. The van der Waals surface area contributed by atoms with Gasteiger partial charge in [-0.3, -0.25) is 0 Å². The molecular formula is C10H17BrF3NO2S. The molecule has 1 saturated heterocycles. The Labute approximate surface area is 114 Å².